The molecule has 124 valence electrons. The zero-order chi connectivity index (χ0) is 16.1. The summed E-state index contributed by atoms with van der Waals surface area (Å²) in [5, 5.41) is 4.84. The zero-order valence-electron chi connectivity index (χ0n) is 12.2. The first kappa shape index (κ1) is 18.6. The second-order valence-corrected chi connectivity index (χ2v) is 4.64. The van der Waals surface area contributed by atoms with Crippen LogP contribution in [0.1, 0.15) is 20.7 Å². The van der Waals surface area contributed by atoms with Crippen molar-refractivity contribution in [1.82, 2.24) is 15.5 Å². The Balaban J connectivity index is 0.00000264. The Labute approximate surface area is 138 Å². The van der Waals surface area contributed by atoms with E-state index in [2.05, 4.69) is 10.6 Å². The van der Waals surface area contributed by atoms with Crippen LogP contribution in [0.4, 0.5) is 0 Å². The molecule has 8 nitrogen and oxygen atoms in total. The van der Waals surface area contributed by atoms with Gasteiger partial charge in [0.15, 0.2) is 0 Å². The van der Waals surface area contributed by atoms with Crippen molar-refractivity contribution < 1.29 is 19.2 Å². The summed E-state index contributed by atoms with van der Waals surface area (Å²) in [5.74, 6) is -1.59. The first-order valence-electron chi connectivity index (χ1n) is 6.73. The van der Waals surface area contributed by atoms with E-state index in [0.29, 0.717) is 11.1 Å². The molecule has 1 aromatic carbocycles. The van der Waals surface area contributed by atoms with Crippen molar-refractivity contribution in [2.24, 2.45) is 5.73 Å². The number of imide groups is 1. The number of carbonyl (C=O) groups excluding carboxylic acids is 4. The summed E-state index contributed by atoms with van der Waals surface area (Å²) in [7, 11) is 0. The molecular weight excluding hydrogens is 324 g/mol. The maximum absolute atomic E-state index is 12.1. The number of hydrogen-bond acceptors (Lipinski definition) is 5. The van der Waals surface area contributed by atoms with Crippen LogP contribution in [0.3, 0.4) is 0 Å². The van der Waals surface area contributed by atoms with E-state index in [0.717, 1.165) is 4.90 Å². The molecule has 0 bridgehead atoms. The Morgan fingerprint density at radius 1 is 1.00 bits per heavy atom. The zero-order valence-corrected chi connectivity index (χ0v) is 13.0. The summed E-state index contributed by atoms with van der Waals surface area (Å²) in [6.07, 6.45) is 0. The van der Waals surface area contributed by atoms with Gasteiger partial charge in [0.1, 0.15) is 0 Å². The normalized spacial score (nSPS) is 12.5. The first-order valence-corrected chi connectivity index (χ1v) is 6.73. The maximum Gasteiger partial charge on any atom is 0.261 e. The highest BCUT2D eigenvalue weighted by molar-refractivity contribution is 6.21. The quantitative estimate of drug-likeness (QED) is 0.567. The van der Waals surface area contributed by atoms with Gasteiger partial charge in [0.2, 0.25) is 11.8 Å². The summed E-state index contributed by atoms with van der Waals surface area (Å²) >= 11 is 0. The van der Waals surface area contributed by atoms with Crippen LogP contribution in [0.2, 0.25) is 0 Å². The average Bonchev–Trinajstić information content (AvgIpc) is 2.78. The molecule has 1 aliphatic heterocycles. The number of amides is 4. The van der Waals surface area contributed by atoms with Crippen LogP contribution in [-0.4, -0.2) is 54.7 Å². The number of carbonyl (C=O) groups is 4. The van der Waals surface area contributed by atoms with Crippen LogP contribution in [0.25, 0.3) is 0 Å². The van der Waals surface area contributed by atoms with Crippen molar-refractivity contribution in [2.75, 3.05) is 26.2 Å². The Morgan fingerprint density at radius 3 is 2.09 bits per heavy atom. The smallest absolute Gasteiger partial charge is 0.261 e. The number of nitrogens with two attached hydrogens (primary N) is 1. The Hall–Kier alpha value is -2.45. The standard InChI is InChI=1S/C14H16N4O4.ClH/c15-7-11(19)17-8-12(20)16-5-6-18-13(21)9-3-1-2-4-10(9)14(18)22;/h1-4H,5-8,15H2,(H,16,20)(H,17,19);1H. The highest BCUT2D eigenvalue weighted by Crippen LogP contribution is 2.21. The van der Waals surface area contributed by atoms with Gasteiger partial charge in [0.05, 0.1) is 24.2 Å². The van der Waals surface area contributed by atoms with Crippen molar-refractivity contribution in [3.8, 4) is 0 Å². The minimum absolute atomic E-state index is 0. The van der Waals surface area contributed by atoms with Gasteiger partial charge in [-0.05, 0) is 12.1 Å². The Kier molecular flexibility index (Phi) is 6.67. The fourth-order valence-corrected chi connectivity index (χ4v) is 2.06. The molecule has 0 spiro atoms. The molecule has 1 aliphatic rings. The lowest BCUT2D eigenvalue weighted by atomic mass is 10.1. The number of nitrogens with one attached hydrogen (secondary N) is 2. The molecule has 0 atom stereocenters. The fourth-order valence-electron chi connectivity index (χ4n) is 2.06. The van der Waals surface area contributed by atoms with Gasteiger partial charge in [0, 0.05) is 13.1 Å². The fraction of sp³-hybridized carbons (Fsp3) is 0.286. The summed E-state index contributed by atoms with van der Waals surface area (Å²) in [6.45, 7) is -0.202. The maximum atomic E-state index is 12.1. The van der Waals surface area contributed by atoms with Crippen molar-refractivity contribution in [1.29, 1.82) is 0 Å². The molecule has 0 saturated carbocycles. The molecule has 1 heterocycles. The summed E-state index contributed by atoms with van der Waals surface area (Å²) in [6, 6.07) is 6.57. The Morgan fingerprint density at radius 2 is 1.57 bits per heavy atom. The number of nitrogens with zero attached hydrogens (tertiary/aromatic N) is 1. The van der Waals surface area contributed by atoms with E-state index in [1.807, 2.05) is 0 Å². The third-order valence-corrected chi connectivity index (χ3v) is 3.17. The molecule has 2 rings (SSSR count). The molecule has 9 heteroatoms. The van der Waals surface area contributed by atoms with Gasteiger partial charge in [-0.2, -0.15) is 0 Å². The largest absolute Gasteiger partial charge is 0.353 e. The van der Waals surface area contributed by atoms with Gasteiger partial charge in [0.25, 0.3) is 11.8 Å². The van der Waals surface area contributed by atoms with Crippen LogP contribution < -0.4 is 16.4 Å². The predicted molar refractivity (Wildman–Crippen MR) is 84.1 cm³/mol. The number of rotatable bonds is 6. The van der Waals surface area contributed by atoms with Gasteiger partial charge in [-0.25, -0.2) is 0 Å². The van der Waals surface area contributed by atoms with Gasteiger partial charge >= 0.3 is 0 Å². The molecule has 0 saturated heterocycles. The molecule has 0 radical (unpaired) electrons. The summed E-state index contributed by atoms with van der Waals surface area (Å²) in [5.41, 5.74) is 5.83. The highest BCUT2D eigenvalue weighted by Gasteiger charge is 2.34. The lowest BCUT2D eigenvalue weighted by Crippen LogP contribution is -2.43. The van der Waals surface area contributed by atoms with Gasteiger partial charge in [-0.3, -0.25) is 24.1 Å². The lowest BCUT2D eigenvalue weighted by Gasteiger charge is -2.14. The molecule has 0 aromatic heterocycles. The van der Waals surface area contributed by atoms with E-state index >= 15 is 0 Å². The molecule has 0 fully saturated rings. The molecule has 0 aliphatic carbocycles. The molecule has 4 amide bonds. The average molecular weight is 341 g/mol. The first-order chi connectivity index (χ1) is 10.5. The number of fused-ring (bicyclic) bond motifs is 1. The molecular formula is C14H17ClN4O4. The second-order valence-electron chi connectivity index (χ2n) is 4.64. The van der Waals surface area contributed by atoms with Crippen molar-refractivity contribution in [3.05, 3.63) is 35.4 Å². The van der Waals surface area contributed by atoms with E-state index < -0.39 is 11.8 Å². The van der Waals surface area contributed by atoms with Crippen LogP contribution >= 0.6 is 12.4 Å². The minimum atomic E-state index is -0.435. The molecule has 23 heavy (non-hydrogen) atoms. The molecule has 0 unspecified atom stereocenters. The van der Waals surface area contributed by atoms with Gasteiger partial charge in [-0.15, -0.1) is 12.4 Å². The monoisotopic (exact) mass is 340 g/mol. The number of halogens is 1. The van der Waals surface area contributed by atoms with Crippen molar-refractivity contribution >= 4 is 36.0 Å². The van der Waals surface area contributed by atoms with Crippen LogP contribution in [0.15, 0.2) is 24.3 Å². The van der Waals surface area contributed by atoms with E-state index in [1.165, 1.54) is 0 Å². The van der Waals surface area contributed by atoms with E-state index in [-0.39, 0.29) is 50.4 Å². The van der Waals surface area contributed by atoms with E-state index in [1.54, 1.807) is 24.3 Å². The van der Waals surface area contributed by atoms with Crippen molar-refractivity contribution in [2.45, 2.75) is 0 Å². The number of hydrogen-bond donors (Lipinski definition) is 3. The van der Waals surface area contributed by atoms with Crippen LogP contribution in [-0.2, 0) is 9.59 Å². The highest BCUT2D eigenvalue weighted by atomic mass is 35.5. The van der Waals surface area contributed by atoms with Crippen LogP contribution in [0, 0.1) is 0 Å². The third kappa shape index (κ3) is 4.27. The Bertz CT molecular complexity index is 600. The summed E-state index contributed by atoms with van der Waals surface area (Å²) in [4.78, 5) is 47.6. The summed E-state index contributed by atoms with van der Waals surface area (Å²) < 4.78 is 0. The van der Waals surface area contributed by atoms with Gasteiger partial charge in [-0.1, -0.05) is 12.1 Å². The van der Waals surface area contributed by atoms with Crippen LogP contribution in [0.5, 0.6) is 0 Å². The molecule has 1 aromatic rings. The van der Waals surface area contributed by atoms with Crippen molar-refractivity contribution in [3.63, 3.8) is 0 Å². The van der Waals surface area contributed by atoms with E-state index in [4.69, 9.17) is 5.73 Å². The second kappa shape index (κ2) is 8.25. The third-order valence-electron chi connectivity index (χ3n) is 3.17. The lowest BCUT2D eigenvalue weighted by molar-refractivity contribution is -0.125. The topological polar surface area (TPSA) is 122 Å². The van der Waals surface area contributed by atoms with Gasteiger partial charge < -0.3 is 16.4 Å². The number of benzene rings is 1. The van der Waals surface area contributed by atoms with E-state index in [9.17, 15) is 19.2 Å². The SMILES string of the molecule is Cl.NCC(=O)NCC(=O)NCCN1C(=O)c2ccccc2C1=O. The minimum Gasteiger partial charge on any atom is -0.353 e. The predicted octanol–water partition coefficient (Wildman–Crippen LogP) is -1.10. The molecule has 4 N–H and O–H groups in total.